The van der Waals surface area contributed by atoms with E-state index in [2.05, 4.69) is 36.8 Å². The van der Waals surface area contributed by atoms with Crippen LogP contribution in [0.1, 0.15) is 19.5 Å². The molecule has 0 bridgehead atoms. The van der Waals surface area contributed by atoms with E-state index < -0.39 is 0 Å². The van der Waals surface area contributed by atoms with Gasteiger partial charge < -0.3 is 15.0 Å². The lowest BCUT2D eigenvalue weighted by Crippen LogP contribution is -2.30. The number of nitrogens with one attached hydrogen (secondary N) is 1. The van der Waals surface area contributed by atoms with Crippen LogP contribution < -0.4 is 0 Å². The quantitative estimate of drug-likeness (QED) is 0.750. The van der Waals surface area contributed by atoms with Crippen LogP contribution >= 0.6 is 0 Å². The molecule has 0 saturated carbocycles. The minimum absolute atomic E-state index is 0.271. The molecule has 0 aliphatic carbocycles. The smallest absolute Gasteiger partial charge is 0.0473 e. The summed E-state index contributed by atoms with van der Waals surface area (Å²) >= 11 is 0. The zero-order chi connectivity index (χ0) is 11.3. The Hall–Kier alpha value is -0.800. The summed E-state index contributed by atoms with van der Waals surface area (Å²) in [6.07, 6.45) is 1.94. The van der Waals surface area contributed by atoms with Gasteiger partial charge in [0.05, 0.1) is 0 Å². The van der Waals surface area contributed by atoms with Gasteiger partial charge in [0.15, 0.2) is 0 Å². The second-order valence-electron chi connectivity index (χ2n) is 4.58. The van der Waals surface area contributed by atoms with E-state index in [1.165, 1.54) is 5.69 Å². The number of H-pyrrole nitrogens is 1. The van der Waals surface area contributed by atoms with Gasteiger partial charge in [0, 0.05) is 31.6 Å². The Kier molecular flexibility index (Phi) is 4.85. The molecular formula is C12H22N2O. The molecule has 1 heterocycles. The van der Waals surface area contributed by atoms with E-state index in [1.807, 2.05) is 12.3 Å². The van der Waals surface area contributed by atoms with Crippen LogP contribution in [0.2, 0.25) is 0 Å². The molecular weight excluding hydrogens is 188 g/mol. The standard InChI is InChI=1S/C12H22N2O/c1-10(2)11(9-15)7-14(3)8-12-5-4-6-13-12/h4-6,10-11,13,15H,7-9H2,1-3H3. The van der Waals surface area contributed by atoms with Gasteiger partial charge in [0.1, 0.15) is 0 Å². The lowest BCUT2D eigenvalue weighted by molar-refractivity contribution is 0.143. The molecule has 2 N–H and O–H groups in total. The summed E-state index contributed by atoms with van der Waals surface area (Å²) in [5.41, 5.74) is 1.22. The average Bonchev–Trinajstić information content (AvgIpc) is 2.66. The third kappa shape index (κ3) is 4.06. The largest absolute Gasteiger partial charge is 0.396 e. The van der Waals surface area contributed by atoms with Crippen molar-refractivity contribution in [3.05, 3.63) is 24.0 Å². The van der Waals surface area contributed by atoms with Crippen molar-refractivity contribution in [1.82, 2.24) is 9.88 Å². The number of aromatic nitrogens is 1. The zero-order valence-corrected chi connectivity index (χ0v) is 9.90. The second kappa shape index (κ2) is 5.93. The van der Waals surface area contributed by atoms with Crippen molar-refractivity contribution in [2.24, 2.45) is 11.8 Å². The number of aliphatic hydroxyl groups is 1. The molecule has 0 amide bonds. The summed E-state index contributed by atoms with van der Waals surface area (Å²) in [6, 6.07) is 4.09. The van der Waals surface area contributed by atoms with E-state index >= 15 is 0 Å². The fourth-order valence-corrected chi connectivity index (χ4v) is 1.70. The van der Waals surface area contributed by atoms with Crippen molar-refractivity contribution in [3.8, 4) is 0 Å². The summed E-state index contributed by atoms with van der Waals surface area (Å²) in [4.78, 5) is 5.43. The highest BCUT2D eigenvalue weighted by Gasteiger charge is 2.14. The van der Waals surface area contributed by atoms with Crippen LogP contribution in [0.25, 0.3) is 0 Å². The summed E-state index contributed by atoms with van der Waals surface area (Å²) in [5, 5.41) is 9.24. The number of hydrogen-bond donors (Lipinski definition) is 2. The number of aliphatic hydroxyl groups excluding tert-OH is 1. The van der Waals surface area contributed by atoms with Crippen LogP contribution in [0.15, 0.2) is 18.3 Å². The van der Waals surface area contributed by atoms with Gasteiger partial charge in [0.25, 0.3) is 0 Å². The van der Waals surface area contributed by atoms with E-state index in [0.29, 0.717) is 11.8 Å². The van der Waals surface area contributed by atoms with Crippen molar-refractivity contribution >= 4 is 0 Å². The molecule has 0 saturated heterocycles. The van der Waals surface area contributed by atoms with Gasteiger partial charge in [-0.3, -0.25) is 0 Å². The zero-order valence-electron chi connectivity index (χ0n) is 9.90. The molecule has 0 aliphatic heterocycles. The Morgan fingerprint density at radius 2 is 2.20 bits per heavy atom. The molecule has 0 radical (unpaired) electrons. The molecule has 1 aromatic heterocycles. The summed E-state index contributed by atoms with van der Waals surface area (Å²) in [6.45, 7) is 6.43. The van der Waals surface area contributed by atoms with Crippen LogP contribution in [0.4, 0.5) is 0 Å². The van der Waals surface area contributed by atoms with Crippen LogP contribution in [0.3, 0.4) is 0 Å². The highest BCUT2D eigenvalue weighted by atomic mass is 16.3. The van der Waals surface area contributed by atoms with Crippen molar-refractivity contribution < 1.29 is 5.11 Å². The first kappa shape index (κ1) is 12.3. The second-order valence-corrected chi connectivity index (χ2v) is 4.58. The Morgan fingerprint density at radius 3 is 2.67 bits per heavy atom. The Bertz CT molecular complexity index is 257. The molecule has 0 fully saturated rings. The van der Waals surface area contributed by atoms with Crippen molar-refractivity contribution in [2.45, 2.75) is 20.4 Å². The molecule has 0 spiro atoms. The maximum atomic E-state index is 9.24. The fourth-order valence-electron chi connectivity index (χ4n) is 1.70. The Morgan fingerprint density at radius 1 is 1.47 bits per heavy atom. The summed E-state index contributed by atoms with van der Waals surface area (Å²) < 4.78 is 0. The maximum Gasteiger partial charge on any atom is 0.0473 e. The van der Waals surface area contributed by atoms with Gasteiger partial charge in [-0.25, -0.2) is 0 Å². The molecule has 1 aromatic rings. The van der Waals surface area contributed by atoms with Gasteiger partial charge in [-0.1, -0.05) is 13.8 Å². The van der Waals surface area contributed by atoms with Crippen molar-refractivity contribution in [3.63, 3.8) is 0 Å². The lowest BCUT2D eigenvalue weighted by atomic mass is 9.96. The van der Waals surface area contributed by atoms with Gasteiger partial charge in [-0.05, 0) is 31.0 Å². The number of rotatable bonds is 6. The van der Waals surface area contributed by atoms with E-state index in [-0.39, 0.29) is 6.61 Å². The predicted molar refractivity (Wildman–Crippen MR) is 62.5 cm³/mol. The first-order chi connectivity index (χ1) is 7.13. The molecule has 0 aromatic carbocycles. The Labute approximate surface area is 92.1 Å². The van der Waals surface area contributed by atoms with Gasteiger partial charge in [-0.15, -0.1) is 0 Å². The minimum Gasteiger partial charge on any atom is -0.396 e. The predicted octanol–water partition coefficient (Wildman–Crippen LogP) is 1.71. The van der Waals surface area contributed by atoms with Crippen molar-refractivity contribution in [2.75, 3.05) is 20.2 Å². The number of nitrogens with zero attached hydrogens (tertiary/aromatic N) is 1. The van der Waals surface area contributed by atoms with E-state index in [0.717, 1.165) is 13.1 Å². The average molecular weight is 210 g/mol. The van der Waals surface area contributed by atoms with Gasteiger partial charge in [-0.2, -0.15) is 0 Å². The van der Waals surface area contributed by atoms with E-state index in [4.69, 9.17) is 0 Å². The van der Waals surface area contributed by atoms with Gasteiger partial charge in [0.2, 0.25) is 0 Å². The first-order valence-electron chi connectivity index (χ1n) is 5.55. The first-order valence-corrected chi connectivity index (χ1v) is 5.55. The van der Waals surface area contributed by atoms with Crippen molar-refractivity contribution in [1.29, 1.82) is 0 Å². The normalized spacial score (nSPS) is 13.7. The fraction of sp³-hybridized carbons (Fsp3) is 0.667. The molecule has 1 unspecified atom stereocenters. The lowest BCUT2D eigenvalue weighted by Gasteiger charge is -2.24. The molecule has 15 heavy (non-hydrogen) atoms. The van der Waals surface area contributed by atoms with Crippen LogP contribution in [-0.4, -0.2) is 35.2 Å². The molecule has 3 heteroatoms. The highest BCUT2D eigenvalue weighted by Crippen LogP contribution is 2.12. The topological polar surface area (TPSA) is 39.3 Å². The monoisotopic (exact) mass is 210 g/mol. The van der Waals surface area contributed by atoms with Gasteiger partial charge >= 0.3 is 0 Å². The SMILES string of the molecule is CC(C)C(CO)CN(C)Cc1ccc[nH]1. The molecule has 1 atom stereocenters. The number of aromatic amines is 1. The maximum absolute atomic E-state index is 9.24. The molecule has 1 rings (SSSR count). The van der Waals surface area contributed by atoms with E-state index in [9.17, 15) is 5.11 Å². The molecule has 3 nitrogen and oxygen atoms in total. The molecule has 0 aliphatic rings. The van der Waals surface area contributed by atoms with Crippen LogP contribution in [-0.2, 0) is 6.54 Å². The third-order valence-corrected chi connectivity index (χ3v) is 2.83. The minimum atomic E-state index is 0.271. The summed E-state index contributed by atoms with van der Waals surface area (Å²) in [7, 11) is 2.09. The highest BCUT2D eigenvalue weighted by molar-refractivity contribution is 5.03. The van der Waals surface area contributed by atoms with E-state index in [1.54, 1.807) is 0 Å². The summed E-state index contributed by atoms with van der Waals surface area (Å²) in [5.74, 6) is 0.894. The molecule has 86 valence electrons. The third-order valence-electron chi connectivity index (χ3n) is 2.83. The number of hydrogen-bond acceptors (Lipinski definition) is 2. The van der Waals surface area contributed by atoms with Crippen LogP contribution in [0, 0.1) is 11.8 Å². The van der Waals surface area contributed by atoms with Crippen LogP contribution in [0.5, 0.6) is 0 Å². The Balaban J connectivity index is 2.37.